The summed E-state index contributed by atoms with van der Waals surface area (Å²) in [5.41, 5.74) is 2.99. The van der Waals surface area contributed by atoms with Crippen molar-refractivity contribution in [3.05, 3.63) is 45.0 Å². The summed E-state index contributed by atoms with van der Waals surface area (Å²) in [7, 11) is 0. The van der Waals surface area contributed by atoms with Crippen LogP contribution in [0, 0.1) is 16.0 Å². The Kier molecular flexibility index (Phi) is 6.76. The van der Waals surface area contributed by atoms with Gasteiger partial charge < -0.3 is 10.2 Å². The number of rotatable bonds is 7. The normalized spacial score (nSPS) is 24.7. The highest BCUT2D eigenvalue weighted by molar-refractivity contribution is 7.96. The van der Waals surface area contributed by atoms with Crippen LogP contribution in [0.2, 0.25) is 0 Å². The Morgan fingerprint density at radius 2 is 2.03 bits per heavy atom. The number of nitro groups is 1. The van der Waals surface area contributed by atoms with Crippen molar-refractivity contribution in [1.82, 2.24) is 10.2 Å². The molecule has 170 valence electrons. The maximum Gasteiger partial charge on any atom is 0.270 e. The summed E-state index contributed by atoms with van der Waals surface area (Å²) in [5, 5.41) is 13.7. The number of benzene rings is 1. The molecular formula is C23H27N3O5S. The lowest BCUT2D eigenvalue weighted by molar-refractivity contribution is -0.384. The molecule has 1 aliphatic carbocycles. The first kappa shape index (κ1) is 22.7. The van der Waals surface area contributed by atoms with E-state index in [0.717, 1.165) is 29.5 Å². The molecule has 0 saturated carbocycles. The zero-order valence-electron chi connectivity index (χ0n) is 17.8. The second kappa shape index (κ2) is 9.54. The minimum Gasteiger partial charge on any atom is -0.333 e. The summed E-state index contributed by atoms with van der Waals surface area (Å²) in [5.74, 6) is -0.512. The summed E-state index contributed by atoms with van der Waals surface area (Å²) >= 11 is 3.92. The van der Waals surface area contributed by atoms with Crippen molar-refractivity contribution in [1.29, 1.82) is 0 Å². The van der Waals surface area contributed by atoms with E-state index in [0.29, 0.717) is 45.2 Å². The number of carbonyl (C=O) groups is 3. The van der Waals surface area contributed by atoms with E-state index in [2.05, 4.69) is 17.9 Å². The molecule has 1 amide bonds. The molecule has 2 saturated heterocycles. The molecular weight excluding hydrogens is 430 g/mol. The summed E-state index contributed by atoms with van der Waals surface area (Å²) in [4.78, 5) is 50.4. The number of Topliss-reactive ketones (excluding diaryl/α,β-unsaturated/α-hetero) is 1. The van der Waals surface area contributed by atoms with Crippen molar-refractivity contribution in [2.75, 3.05) is 13.1 Å². The van der Waals surface area contributed by atoms with E-state index < -0.39 is 22.9 Å². The van der Waals surface area contributed by atoms with E-state index in [-0.39, 0.29) is 22.5 Å². The minimum absolute atomic E-state index is 0.0322. The van der Waals surface area contributed by atoms with Crippen LogP contribution in [0.3, 0.4) is 0 Å². The topological polar surface area (TPSA) is 110 Å². The van der Waals surface area contributed by atoms with Crippen molar-refractivity contribution in [3.8, 4) is 0 Å². The molecule has 32 heavy (non-hydrogen) atoms. The first-order valence-electron chi connectivity index (χ1n) is 11.1. The van der Waals surface area contributed by atoms with Crippen molar-refractivity contribution in [2.45, 2.75) is 57.0 Å². The third kappa shape index (κ3) is 4.63. The molecule has 2 fully saturated rings. The second-order valence-corrected chi connectivity index (χ2v) is 9.23. The number of hydrogen-bond acceptors (Lipinski definition) is 6. The van der Waals surface area contributed by atoms with Gasteiger partial charge in [0.1, 0.15) is 0 Å². The van der Waals surface area contributed by atoms with Gasteiger partial charge in [-0.15, -0.1) is 12.6 Å². The lowest BCUT2D eigenvalue weighted by Gasteiger charge is -2.36. The molecule has 1 N–H and O–H groups in total. The number of likely N-dealkylation sites (tertiary alicyclic amines) is 1. The minimum atomic E-state index is -0.573. The SMILES string of the molecule is O=C(C1CCN[C@@H]1C(=O)S)C1CCCCN1C(=O)CCC1=Cc2cc([N+](=O)[O-])ccc2C1. The van der Waals surface area contributed by atoms with Gasteiger partial charge in [-0.1, -0.05) is 17.7 Å². The van der Waals surface area contributed by atoms with Crippen LogP contribution in [-0.4, -0.2) is 51.8 Å². The molecule has 0 radical (unpaired) electrons. The van der Waals surface area contributed by atoms with Gasteiger partial charge in [-0.2, -0.15) is 0 Å². The van der Waals surface area contributed by atoms with Gasteiger partial charge in [0.2, 0.25) is 11.0 Å². The number of allylic oxidation sites excluding steroid dienone is 1. The van der Waals surface area contributed by atoms with E-state index in [1.54, 1.807) is 17.0 Å². The summed E-state index contributed by atoms with van der Waals surface area (Å²) < 4.78 is 0. The number of amides is 1. The fourth-order valence-electron chi connectivity index (χ4n) is 5.12. The van der Waals surface area contributed by atoms with E-state index in [4.69, 9.17) is 0 Å². The maximum atomic E-state index is 13.2. The van der Waals surface area contributed by atoms with Crippen LogP contribution in [0.4, 0.5) is 5.69 Å². The Hall–Kier alpha value is -2.52. The monoisotopic (exact) mass is 457 g/mol. The number of non-ortho nitro benzene ring substituents is 1. The molecule has 2 unspecified atom stereocenters. The average molecular weight is 458 g/mol. The first-order valence-corrected chi connectivity index (χ1v) is 11.6. The number of hydrogen-bond donors (Lipinski definition) is 2. The molecule has 9 heteroatoms. The highest BCUT2D eigenvalue weighted by Crippen LogP contribution is 2.32. The van der Waals surface area contributed by atoms with E-state index in [1.165, 1.54) is 6.07 Å². The van der Waals surface area contributed by atoms with Gasteiger partial charge in [0.25, 0.3) is 5.69 Å². The Morgan fingerprint density at radius 1 is 1.22 bits per heavy atom. The van der Waals surface area contributed by atoms with Gasteiger partial charge in [-0.25, -0.2) is 0 Å². The van der Waals surface area contributed by atoms with Crippen LogP contribution in [0.1, 0.15) is 49.7 Å². The lowest BCUT2D eigenvalue weighted by atomic mass is 9.86. The molecule has 0 bridgehead atoms. The molecule has 1 aromatic rings. The van der Waals surface area contributed by atoms with Crippen LogP contribution in [0.25, 0.3) is 6.08 Å². The van der Waals surface area contributed by atoms with Crippen molar-refractivity contribution >= 4 is 41.2 Å². The largest absolute Gasteiger partial charge is 0.333 e. The Bertz CT molecular complexity index is 992. The zero-order valence-corrected chi connectivity index (χ0v) is 18.7. The van der Waals surface area contributed by atoms with Crippen molar-refractivity contribution in [3.63, 3.8) is 0 Å². The Balaban J connectivity index is 1.39. The standard InChI is InChI=1S/C23H27N3O5S/c27-20(7-4-14-11-15-5-6-17(26(30)31)13-16(15)12-14)25-10-2-1-3-19(25)22(28)18-8-9-24-21(18)23(29)32/h5-6,12-13,18-19,21,24H,1-4,7-11H2,(H,29,32)/t18?,19?,21-/m0/s1. The highest BCUT2D eigenvalue weighted by atomic mass is 32.1. The van der Waals surface area contributed by atoms with E-state index in [1.807, 2.05) is 6.08 Å². The first-order chi connectivity index (χ1) is 15.3. The van der Waals surface area contributed by atoms with Crippen LogP contribution in [0.5, 0.6) is 0 Å². The molecule has 1 aromatic carbocycles. The summed E-state index contributed by atoms with van der Waals surface area (Å²) in [6.07, 6.45) is 6.44. The number of fused-ring (bicyclic) bond motifs is 1. The average Bonchev–Trinajstić information content (AvgIpc) is 3.43. The van der Waals surface area contributed by atoms with Crippen LogP contribution in [-0.2, 0) is 20.8 Å². The van der Waals surface area contributed by atoms with Gasteiger partial charge in [0.05, 0.1) is 17.0 Å². The van der Waals surface area contributed by atoms with E-state index >= 15 is 0 Å². The number of ketones is 1. The van der Waals surface area contributed by atoms with Gasteiger partial charge in [0.15, 0.2) is 5.78 Å². The Labute approximate surface area is 192 Å². The van der Waals surface area contributed by atoms with Gasteiger partial charge in [-0.3, -0.25) is 24.5 Å². The van der Waals surface area contributed by atoms with Crippen molar-refractivity contribution < 1.29 is 19.3 Å². The molecule has 4 rings (SSSR count). The highest BCUT2D eigenvalue weighted by Gasteiger charge is 2.42. The van der Waals surface area contributed by atoms with Crippen LogP contribution < -0.4 is 5.32 Å². The predicted octanol–water partition coefficient (Wildman–Crippen LogP) is 2.70. The molecule has 2 heterocycles. The predicted molar refractivity (Wildman–Crippen MR) is 122 cm³/mol. The number of thiol groups is 1. The smallest absolute Gasteiger partial charge is 0.270 e. The molecule has 2 aliphatic heterocycles. The van der Waals surface area contributed by atoms with Crippen LogP contribution in [0.15, 0.2) is 23.8 Å². The summed E-state index contributed by atoms with van der Waals surface area (Å²) in [6.45, 7) is 1.15. The van der Waals surface area contributed by atoms with Gasteiger partial charge in [0, 0.05) is 31.0 Å². The van der Waals surface area contributed by atoms with Gasteiger partial charge in [-0.05, 0) is 56.2 Å². The molecule has 3 aliphatic rings. The number of nitro benzene ring substituents is 1. The third-order valence-corrected chi connectivity index (χ3v) is 7.06. The fourth-order valence-corrected chi connectivity index (χ4v) is 5.39. The second-order valence-electron chi connectivity index (χ2n) is 8.79. The fraction of sp³-hybridized carbons (Fsp3) is 0.522. The van der Waals surface area contributed by atoms with Crippen molar-refractivity contribution in [2.24, 2.45) is 5.92 Å². The molecule has 8 nitrogen and oxygen atoms in total. The number of nitrogens with one attached hydrogen (secondary N) is 1. The third-order valence-electron chi connectivity index (χ3n) is 6.78. The molecule has 0 spiro atoms. The Morgan fingerprint density at radius 3 is 2.78 bits per heavy atom. The summed E-state index contributed by atoms with van der Waals surface area (Å²) in [6, 6.07) is 3.79. The maximum absolute atomic E-state index is 13.2. The van der Waals surface area contributed by atoms with Crippen LogP contribution >= 0.6 is 12.6 Å². The zero-order chi connectivity index (χ0) is 22.8. The molecule has 3 atom stereocenters. The lowest BCUT2D eigenvalue weighted by Crippen LogP contribution is -2.51. The quantitative estimate of drug-likeness (QED) is 0.370. The number of nitrogens with zero attached hydrogens (tertiary/aromatic N) is 2. The number of carbonyl (C=O) groups excluding carboxylic acids is 3. The number of piperidine rings is 1. The van der Waals surface area contributed by atoms with E-state index in [9.17, 15) is 24.5 Å². The molecule has 0 aromatic heterocycles. The van der Waals surface area contributed by atoms with Gasteiger partial charge >= 0.3 is 0 Å².